The average Bonchev–Trinajstić information content (AvgIpc) is 2.31. The van der Waals surface area contributed by atoms with Gasteiger partial charge in [0.1, 0.15) is 0 Å². The molecule has 0 amide bonds. The minimum absolute atomic E-state index is 0.319. The minimum Gasteiger partial charge on any atom is -0.411 e. The third-order valence-electron chi connectivity index (χ3n) is 5.47. The van der Waals surface area contributed by atoms with Gasteiger partial charge in [0.25, 0.3) is 0 Å². The first-order chi connectivity index (χ1) is 8.76. The molecule has 19 heavy (non-hydrogen) atoms. The lowest BCUT2D eigenvalue weighted by atomic mass is 9.58. The van der Waals surface area contributed by atoms with Crippen LogP contribution in [-0.2, 0) is 0 Å². The van der Waals surface area contributed by atoms with Crippen molar-refractivity contribution >= 4 is 5.71 Å². The van der Waals surface area contributed by atoms with Gasteiger partial charge < -0.3 is 5.21 Å². The summed E-state index contributed by atoms with van der Waals surface area (Å²) in [4.78, 5) is 0. The van der Waals surface area contributed by atoms with E-state index in [0.717, 1.165) is 12.1 Å². The average molecular weight is 263 g/mol. The quantitative estimate of drug-likeness (QED) is 0.317. The SMILES string of the molecule is CC(CC1CC2=C(CC1(C)C)C(C)(C)CCC2)=NO. The van der Waals surface area contributed by atoms with Gasteiger partial charge in [0.15, 0.2) is 0 Å². The predicted molar refractivity (Wildman–Crippen MR) is 80.7 cm³/mol. The van der Waals surface area contributed by atoms with Crippen LogP contribution in [0.15, 0.2) is 16.3 Å². The lowest BCUT2D eigenvalue weighted by molar-refractivity contribution is 0.165. The number of hydrogen-bond acceptors (Lipinski definition) is 2. The number of nitrogens with zero attached hydrogens (tertiary/aromatic N) is 1. The minimum atomic E-state index is 0.319. The molecule has 0 bridgehead atoms. The van der Waals surface area contributed by atoms with Gasteiger partial charge in [0.2, 0.25) is 0 Å². The van der Waals surface area contributed by atoms with Crippen LogP contribution in [0.1, 0.15) is 73.1 Å². The summed E-state index contributed by atoms with van der Waals surface area (Å²) in [6.45, 7) is 11.5. The van der Waals surface area contributed by atoms with Crippen LogP contribution < -0.4 is 0 Å². The molecular formula is C17H29NO. The second-order valence-electron chi connectivity index (χ2n) is 7.93. The number of allylic oxidation sites excluding steroid dienone is 2. The van der Waals surface area contributed by atoms with Crippen molar-refractivity contribution in [1.82, 2.24) is 0 Å². The van der Waals surface area contributed by atoms with Crippen molar-refractivity contribution in [2.75, 3.05) is 0 Å². The van der Waals surface area contributed by atoms with E-state index >= 15 is 0 Å². The van der Waals surface area contributed by atoms with Crippen LogP contribution in [0.2, 0.25) is 0 Å². The second-order valence-corrected chi connectivity index (χ2v) is 7.93. The van der Waals surface area contributed by atoms with Crippen LogP contribution >= 0.6 is 0 Å². The molecule has 0 aromatic carbocycles. The summed E-state index contributed by atoms with van der Waals surface area (Å²) in [7, 11) is 0. The molecule has 108 valence electrons. The molecular weight excluding hydrogens is 234 g/mol. The number of rotatable bonds is 2. The van der Waals surface area contributed by atoms with Gasteiger partial charge in [-0.1, -0.05) is 44.0 Å². The molecule has 0 aromatic rings. The molecule has 1 unspecified atom stereocenters. The van der Waals surface area contributed by atoms with Gasteiger partial charge >= 0.3 is 0 Å². The van der Waals surface area contributed by atoms with Gasteiger partial charge in [-0.15, -0.1) is 0 Å². The van der Waals surface area contributed by atoms with E-state index in [1.54, 1.807) is 11.1 Å². The fourth-order valence-corrected chi connectivity index (χ4v) is 4.03. The summed E-state index contributed by atoms with van der Waals surface area (Å²) in [6, 6.07) is 0. The van der Waals surface area contributed by atoms with Crippen LogP contribution in [-0.4, -0.2) is 10.9 Å². The first-order valence-electron chi connectivity index (χ1n) is 7.65. The van der Waals surface area contributed by atoms with Crippen molar-refractivity contribution in [1.29, 1.82) is 0 Å². The van der Waals surface area contributed by atoms with Crippen molar-refractivity contribution in [2.45, 2.75) is 73.1 Å². The van der Waals surface area contributed by atoms with Gasteiger partial charge in [0.05, 0.1) is 5.71 Å². The van der Waals surface area contributed by atoms with Crippen molar-refractivity contribution in [2.24, 2.45) is 21.9 Å². The van der Waals surface area contributed by atoms with Crippen LogP contribution in [0.25, 0.3) is 0 Å². The summed E-state index contributed by atoms with van der Waals surface area (Å²) in [6.07, 6.45) is 7.33. The topological polar surface area (TPSA) is 32.6 Å². The van der Waals surface area contributed by atoms with Crippen molar-refractivity contribution in [3.63, 3.8) is 0 Å². The first kappa shape index (κ1) is 14.6. The molecule has 0 aliphatic heterocycles. The maximum absolute atomic E-state index is 8.93. The van der Waals surface area contributed by atoms with Crippen LogP contribution in [0.4, 0.5) is 0 Å². The first-order valence-corrected chi connectivity index (χ1v) is 7.65. The molecule has 2 nitrogen and oxygen atoms in total. The van der Waals surface area contributed by atoms with Crippen LogP contribution in [0.3, 0.4) is 0 Å². The highest BCUT2D eigenvalue weighted by Gasteiger charge is 2.41. The highest BCUT2D eigenvalue weighted by atomic mass is 16.4. The summed E-state index contributed by atoms with van der Waals surface area (Å²) in [5.41, 5.74) is 5.04. The van der Waals surface area contributed by atoms with E-state index in [0.29, 0.717) is 16.7 Å². The molecule has 0 radical (unpaired) electrons. The highest BCUT2D eigenvalue weighted by molar-refractivity contribution is 5.81. The number of oxime groups is 1. The van der Waals surface area contributed by atoms with Crippen molar-refractivity contribution in [3.8, 4) is 0 Å². The van der Waals surface area contributed by atoms with Gasteiger partial charge in [-0.2, -0.15) is 0 Å². The Labute approximate surface area is 118 Å². The zero-order valence-electron chi connectivity index (χ0n) is 13.2. The highest BCUT2D eigenvalue weighted by Crippen LogP contribution is 2.54. The molecule has 0 saturated heterocycles. The zero-order chi connectivity index (χ0) is 14.3. The smallest absolute Gasteiger partial charge is 0.0543 e. The van der Waals surface area contributed by atoms with E-state index in [9.17, 15) is 0 Å². The third-order valence-corrected chi connectivity index (χ3v) is 5.47. The molecule has 0 fully saturated rings. The molecule has 0 heterocycles. The van der Waals surface area contributed by atoms with E-state index in [1.165, 1.54) is 32.1 Å². The molecule has 2 heteroatoms. The van der Waals surface area contributed by atoms with E-state index < -0.39 is 0 Å². The summed E-state index contributed by atoms with van der Waals surface area (Å²) in [5.74, 6) is 0.621. The van der Waals surface area contributed by atoms with E-state index in [-0.39, 0.29) is 0 Å². The van der Waals surface area contributed by atoms with E-state index in [2.05, 4.69) is 32.9 Å². The van der Waals surface area contributed by atoms with Crippen LogP contribution in [0.5, 0.6) is 0 Å². The standard InChI is InChI=1S/C17H29NO/c1-12(18-19)9-14-10-13-7-6-8-16(2,3)15(13)11-17(14,4)5/h14,19H,6-11H2,1-5H3. The monoisotopic (exact) mass is 263 g/mol. The zero-order valence-corrected chi connectivity index (χ0v) is 13.2. The van der Waals surface area contributed by atoms with E-state index in [4.69, 9.17) is 5.21 Å². The molecule has 1 atom stereocenters. The molecule has 2 aliphatic rings. The largest absolute Gasteiger partial charge is 0.411 e. The fourth-order valence-electron chi connectivity index (χ4n) is 4.03. The Morgan fingerprint density at radius 3 is 2.63 bits per heavy atom. The molecule has 0 aromatic heterocycles. The van der Waals surface area contributed by atoms with Crippen molar-refractivity contribution in [3.05, 3.63) is 11.1 Å². The Balaban J connectivity index is 2.27. The van der Waals surface area contributed by atoms with Gasteiger partial charge in [-0.3, -0.25) is 0 Å². The second kappa shape index (κ2) is 4.96. The molecule has 0 saturated carbocycles. The normalized spacial score (nSPS) is 30.2. The lowest BCUT2D eigenvalue weighted by Gasteiger charge is -2.47. The Hall–Kier alpha value is -0.790. The van der Waals surface area contributed by atoms with Crippen molar-refractivity contribution < 1.29 is 5.21 Å². The molecule has 1 N–H and O–H groups in total. The molecule has 0 spiro atoms. The Kier molecular flexibility index (Phi) is 3.81. The maximum atomic E-state index is 8.93. The van der Waals surface area contributed by atoms with Gasteiger partial charge in [0, 0.05) is 0 Å². The molecule has 2 rings (SSSR count). The maximum Gasteiger partial charge on any atom is 0.0543 e. The lowest BCUT2D eigenvalue weighted by Crippen LogP contribution is -2.36. The Morgan fingerprint density at radius 1 is 1.32 bits per heavy atom. The third kappa shape index (κ3) is 2.88. The fraction of sp³-hybridized carbons (Fsp3) is 0.824. The predicted octanol–water partition coefficient (Wildman–Crippen LogP) is 5.17. The van der Waals surface area contributed by atoms with E-state index in [1.807, 2.05) is 6.92 Å². The summed E-state index contributed by atoms with van der Waals surface area (Å²) >= 11 is 0. The summed E-state index contributed by atoms with van der Waals surface area (Å²) in [5, 5.41) is 12.3. The number of hydrogen-bond donors (Lipinski definition) is 1. The van der Waals surface area contributed by atoms with Gasteiger partial charge in [-0.25, -0.2) is 0 Å². The summed E-state index contributed by atoms with van der Waals surface area (Å²) < 4.78 is 0. The van der Waals surface area contributed by atoms with Crippen LogP contribution in [0, 0.1) is 16.7 Å². The Bertz CT molecular complexity index is 415. The molecule has 2 aliphatic carbocycles. The Morgan fingerprint density at radius 2 is 2.00 bits per heavy atom. The van der Waals surface area contributed by atoms with Gasteiger partial charge in [-0.05, 0) is 62.2 Å².